The maximum atomic E-state index is 12.6. The molecule has 0 N–H and O–H groups in total. The summed E-state index contributed by atoms with van der Waals surface area (Å²) in [5.41, 5.74) is 0. The molecule has 0 bridgehead atoms. The molecule has 0 aliphatic carbocycles. The van der Waals surface area contributed by atoms with Gasteiger partial charge in [0.2, 0.25) is 0 Å². The van der Waals surface area contributed by atoms with E-state index >= 15 is 0 Å². The minimum Gasteiger partial charge on any atom is -0.462 e. The van der Waals surface area contributed by atoms with Gasteiger partial charge in [-0.15, -0.1) is 0 Å². The minimum absolute atomic E-state index is 0.0645. The number of unbranched alkanes of at least 4 members (excludes halogenated alkanes) is 29. The molecule has 6 nitrogen and oxygen atoms in total. The topological polar surface area (TPSA) is 78.9 Å². The van der Waals surface area contributed by atoms with Gasteiger partial charge < -0.3 is 14.2 Å². The van der Waals surface area contributed by atoms with E-state index in [0.717, 1.165) is 63.7 Å². The molecule has 0 spiro atoms. The molecule has 0 rings (SSSR count). The van der Waals surface area contributed by atoms with Crippen molar-refractivity contribution in [3.63, 3.8) is 0 Å². The zero-order valence-electron chi connectivity index (χ0n) is 36.0. The number of rotatable bonds is 42. The average molecular weight is 751 g/mol. The first-order chi connectivity index (χ1) is 25.9. The standard InChI is InChI=1S/C47H90O6/c1-5-7-9-11-13-15-16-17-18-19-20-21-22-24-25-30-34-38-45(48)51-41-44(53-47(50)40-36-32-26-23-14-12-10-8-6-2)42-52-46(49)39-35-31-28-27-29-33-37-43(3)4/h43-44H,5-42H2,1-4H3/t44-/m1/s1. The highest BCUT2D eigenvalue weighted by Crippen LogP contribution is 2.16. The smallest absolute Gasteiger partial charge is 0.306 e. The number of hydrogen-bond donors (Lipinski definition) is 0. The zero-order valence-corrected chi connectivity index (χ0v) is 36.0. The van der Waals surface area contributed by atoms with Crippen LogP contribution in [0.15, 0.2) is 0 Å². The van der Waals surface area contributed by atoms with Gasteiger partial charge in [-0.05, 0) is 25.2 Å². The fourth-order valence-corrected chi connectivity index (χ4v) is 6.98. The van der Waals surface area contributed by atoms with Gasteiger partial charge in [-0.25, -0.2) is 0 Å². The lowest BCUT2D eigenvalue weighted by molar-refractivity contribution is -0.167. The molecule has 1 atom stereocenters. The highest BCUT2D eigenvalue weighted by atomic mass is 16.6. The molecule has 0 saturated carbocycles. The molecule has 0 aliphatic heterocycles. The Balaban J connectivity index is 4.22. The van der Waals surface area contributed by atoms with E-state index in [1.165, 1.54) is 154 Å². The molecule has 0 aromatic heterocycles. The Kier molecular flexibility index (Phi) is 40.3. The van der Waals surface area contributed by atoms with Crippen LogP contribution in [-0.2, 0) is 28.6 Å². The van der Waals surface area contributed by atoms with Crippen LogP contribution in [0.25, 0.3) is 0 Å². The maximum Gasteiger partial charge on any atom is 0.306 e. The number of ether oxygens (including phenoxy) is 3. The number of hydrogen-bond acceptors (Lipinski definition) is 6. The first kappa shape index (κ1) is 51.4. The normalized spacial score (nSPS) is 11.9. The predicted octanol–water partition coefficient (Wildman–Crippen LogP) is 14.7. The van der Waals surface area contributed by atoms with Crippen LogP contribution in [-0.4, -0.2) is 37.2 Å². The van der Waals surface area contributed by atoms with Crippen molar-refractivity contribution in [1.82, 2.24) is 0 Å². The Labute approximate surface area is 329 Å². The molecule has 0 unspecified atom stereocenters. The second-order valence-corrected chi connectivity index (χ2v) is 16.5. The molecule has 53 heavy (non-hydrogen) atoms. The van der Waals surface area contributed by atoms with Gasteiger partial charge in [0.05, 0.1) is 0 Å². The zero-order chi connectivity index (χ0) is 38.9. The van der Waals surface area contributed by atoms with Gasteiger partial charge in [0.25, 0.3) is 0 Å². The van der Waals surface area contributed by atoms with Crippen molar-refractivity contribution in [2.24, 2.45) is 5.92 Å². The summed E-state index contributed by atoms with van der Waals surface area (Å²) in [5.74, 6) is -0.0965. The highest BCUT2D eigenvalue weighted by Gasteiger charge is 2.19. The minimum atomic E-state index is -0.759. The lowest BCUT2D eigenvalue weighted by Crippen LogP contribution is -2.30. The molecule has 0 radical (unpaired) electrons. The molecule has 0 aromatic rings. The Bertz CT molecular complexity index is 796. The van der Waals surface area contributed by atoms with Gasteiger partial charge in [-0.2, -0.15) is 0 Å². The lowest BCUT2D eigenvalue weighted by atomic mass is 10.0. The summed E-state index contributed by atoms with van der Waals surface area (Å²) in [4.78, 5) is 37.6. The average Bonchev–Trinajstić information content (AvgIpc) is 3.14. The molecule has 0 aliphatic rings. The van der Waals surface area contributed by atoms with Crippen molar-refractivity contribution in [1.29, 1.82) is 0 Å². The van der Waals surface area contributed by atoms with Crippen molar-refractivity contribution in [3.05, 3.63) is 0 Å². The van der Waals surface area contributed by atoms with E-state index in [1.807, 2.05) is 0 Å². The third-order valence-electron chi connectivity index (χ3n) is 10.5. The molecule has 0 fully saturated rings. The number of carbonyl (C=O) groups excluding carboxylic acids is 3. The number of carbonyl (C=O) groups is 3. The monoisotopic (exact) mass is 751 g/mol. The summed E-state index contributed by atoms with van der Waals surface area (Å²) in [6.07, 6.45) is 41.1. The Morgan fingerprint density at radius 3 is 0.925 bits per heavy atom. The van der Waals surface area contributed by atoms with Crippen LogP contribution in [0.3, 0.4) is 0 Å². The van der Waals surface area contributed by atoms with Gasteiger partial charge in [-0.1, -0.05) is 220 Å². The summed E-state index contributed by atoms with van der Waals surface area (Å²) < 4.78 is 16.7. The van der Waals surface area contributed by atoms with Gasteiger partial charge in [0.1, 0.15) is 13.2 Å². The summed E-state index contributed by atoms with van der Waals surface area (Å²) in [5, 5.41) is 0. The molecule has 0 heterocycles. The van der Waals surface area contributed by atoms with E-state index in [4.69, 9.17) is 14.2 Å². The van der Waals surface area contributed by atoms with E-state index in [-0.39, 0.29) is 31.1 Å². The van der Waals surface area contributed by atoms with Crippen LogP contribution in [0.2, 0.25) is 0 Å². The predicted molar refractivity (Wildman–Crippen MR) is 224 cm³/mol. The van der Waals surface area contributed by atoms with Crippen LogP contribution >= 0.6 is 0 Å². The Morgan fingerprint density at radius 2 is 0.623 bits per heavy atom. The van der Waals surface area contributed by atoms with Crippen molar-refractivity contribution in [2.75, 3.05) is 13.2 Å². The third kappa shape index (κ3) is 41.4. The van der Waals surface area contributed by atoms with E-state index in [2.05, 4.69) is 27.7 Å². The molecule has 6 heteroatoms. The molecule has 0 amide bonds. The fourth-order valence-electron chi connectivity index (χ4n) is 6.98. The molecule has 0 aromatic carbocycles. The largest absolute Gasteiger partial charge is 0.462 e. The van der Waals surface area contributed by atoms with Crippen molar-refractivity contribution in [2.45, 2.75) is 265 Å². The van der Waals surface area contributed by atoms with Crippen molar-refractivity contribution < 1.29 is 28.6 Å². The van der Waals surface area contributed by atoms with E-state index < -0.39 is 6.10 Å². The highest BCUT2D eigenvalue weighted by molar-refractivity contribution is 5.71. The van der Waals surface area contributed by atoms with Crippen LogP contribution in [0.4, 0.5) is 0 Å². The van der Waals surface area contributed by atoms with Gasteiger partial charge >= 0.3 is 17.9 Å². The third-order valence-corrected chi connectivity index (χ3v) is 10.5. The van der Waals surface area contributed by atoms with Crippen molar-refractivity contribution in [3.8, 4) is 0 Å². The van der Waals surface area contributed by atoms with Crippen LogP contribution in [0.5, 0.6) is 0 Å². The Hall–Kier alpha value is -1.59. The summed E-state index contributed by atoms with van der Waals surface area (Å²) in [6, 6.07) is 0. The van der Waals surface area contributed by atoms with E-state index in [9.17, 15) is 14.4 Å². The van der Waals surface area contributed by atoms with Crippen LogP contribution < -0.4 is 0 Å². The van der Waals surface area contributed by atoms with Crippen LogP contribution in [0, 0.1) is 5.92 Å². The van der Waals surface area contributed by atoms with E-state index in [0.29, 0.717) is 19.3 Å². The Morgan fingerprint density at radius 1 is 0.358 bits per heavy atom. The van der Waals surface area contributed by atoms with Gasteiger partial charge in [-0.3, -0.25) is 14.4 Å². The molecule has 0 saturated heterocycles. The summed E-state index contributed by atoms with van der Waals surface area (Å²) in [7, 11) is 0. The van der Waals surface area contributed by atoms with Gasteiger partial charge in [0.15, 0.2) is 6.10 Å². The maximum absolute atomic E-state index is 12.6. The van der Waals surface area contributed by atoms with Crippen LogP contribution in [0.1, 0.15) is 259 Å². The first-order valence-electron chi connectivity index (χ1n) is 23.4. The molecular weight excluding hydrogens is 661 g/mol. The van der Waals surface area contributed by atoms with Gasteiger partial charge in [0, 0.05) is 19.3 Å². The summed E-state index contributed by atoms with van der Waals surface area (Å²) >= 11 is 0. The first-order valence-corrected chi connectivity index (χ1v) is 23.4. The SMILES string of the molecule is CCCCCCCCCCCCCCCCCCCC(=O)OC[C@H](COC(=O)CCCCCCCCC(C)C)OC(=O)CCCCCCCCCCC. The molecule has 314 valence electrons. The quantitative estimate of drug-likeness (QED) is 0.0351. The van der Waals surface area contributed by atoms with E-state index in [1.54, 1.807) is 0 Å². The second-order valence-electron chi connectivity index (χ2n) is 16.5. The fraction of sp³-hybridized carbons (Fsp3) is 0.936. The molecular formula is C47H90O6. The summed E-state index contributed by atoms with van der Waals surface area (Å²) in [6.45, 7) is 8.91. The van der Waals surface area contributed by atoms with Crippen molar-refractivity contribution >= 4 is 17.9 Å². The second kappa shape index (κ2) is 41.6. The lowest BCUT2D eigenvalue weighted by Gasteiger charge is -2.18. The number of esters is 3.